The summed E-state index contributed by atoms with van der Waals surface area (Å²) >= 11 is 0. The molecule has 1 radical (unpaired) electrons. The fraction of sp³-hybridized carbons (Fsp3) is 0.273. The van der Waals surface area contributed by atoms with E-state index in [-0.39, 0.29) is 0 Å². The van der Waals surface area contributed by atoms with Crippen LogP contribution in [0, 0.1) is 18.4 Å². The second-order valence-electron chi connectivity index (χ2n) is 2.39. The summed E-state index contributed by atoms with van der Waals surface area (Å²) in [7, 11) is 0. The number of terminal acetylenes is 1. The maximum Gasteiger partial charge on any atom is 0.119 e. The van der Waals surface area contributed by atoms with Gasteiger partial charge in [0.1, 0.15) is 5.75 Å². The van der Waals surface area contributed by atoms with Crippen LogP contribution in [0.15, 0.2) is 24.3 Å². The summed E-state index contributed by atoms with van der Waals surface area (Å²) in [5.41, 5.74) is 0. The normalized spacial score (nSPS) is 8.92. The second kappa shape index (κ2) is 5.26. The predicted octanol–water partition coefficient (Wildman–Crippen LogP) is 2.28. The van der Waals surface area contributed by atoms with Crippen LogP contribution in [0.5, 0.6) is 5.75 Å². The Hall–Kier alpha value is -1.42. The Morgan fingerprint density at radius 3 is 2.83 bits per heavy atom. The first-order valence-electron chi connectivity index (χ1n) is 3.96. The van der Waals surface area contributed by atoms with Gasteiger partial charge in [0.05, 0.1) is 6.61 Å². The molecule has 0 aliphatic carbocycles. The van der Waals surface area contributed by atoms with Crippen molar-refractivity contribution in [3.05, 3.63) is 30.3 Å². The summed E-state index contributed by atoms with van der Waals surface area (Å²) < 4.78 is 5.39. The fourth-order valence-electron chi connectivity index (χ4n) is 0.832. The minimum atomic E-state index is 0.689. The number of unbranched alkanes of at least 4 members (excludes halogenated alkanes) is 1. The Labute approximate surface area is 73.4 Å². The van der Waals surface area contributed by atoms with Gasteiger partial charge in [0, 0.05) is 6.42 Å². The van der Waals surface area contributed by atoms with Crippen molar-refractivity contribution < 1.29 is 4.74 Å². The lowest BCUT2D eigenvalue weighted by atomic mass is 10.3. The van der Waals surface area contributed by atoms with Crippen LogP contribution in [-0.4, -0.2) is 6.61 Å². The van der Waals surface area contributed by atoms with E-state index < -0.39 is 0 Å². The number of benzene rings is 1. The van der Waals surface area contributed by atoms with Gasteiger partial charge in [-0.1, -0.05) is 12.1 Å². The summed E-state index contributed by atoms with van der Waals surface area (Å²) in [6.45, 7) is 0.689. The maximum atomic E-state index is 5.39. The highest BCUT2D eigenvalue weighted by Gasteiger charge is 1.89. The first-order chi connectivity index (χ1) is 5.93. The maximum absolute atomic E-state index is 5.39. The van der Waals surface area contributed by atoms with E-state index in [2.05, 4.69) is 12.0 Å². The van der Waals surface area contributed by atoms with Crippen molar-refractivity contribution in [1.29, 1.82) is 0 Å². The summed E-state index contributed by atoms with van der Waals surface area (Å²) in [5, 5.41) is 0. The van der Waals surface area contributed by atoms with Crippen LogP contribution in [0.3, 0.4) is 0 Å². The largest absolute Gasteiger partial charge is 0.494 e. The second-order valence-corrected chi connectivity index (χ2v) is 2.39. The van der Waals surface area contributed by atoms with Crippen molar-refractivity contribution in [1.82, 2.24) is 0 Å². The number of rotatable bonds is 4. The zero-order valence-corrected chi connectivity index (χ0v) is 6.92. The topological polar surface area (TPSA) is 9.23 Å². The van der Waals surface area contributed by atoms with E-state index in [9.17, 15) is 0 Å². The van der Waals surface area contributed by atoms with Gasteiger partial charge in [-0.25, -0.2) is 0 Å². The molecule has 0 heterocycles. The smallest absolute Gasteiger partial charge is 0.119 e. The molecule has 12 heavy (non-hydrogen) atoms. The lowest BCUT2D eigenvalue weighted by Crippen LogP contribution is -1.95. The van der Waals surface area contributed by atoms with E-state index >= 15 is 0 Å². The van der Waals surface area contributed by atoms with Crippen molar-refractivity contribution >= 4 is 0 Å². The number of hydrogen-bond acceptors (Lipinski definition) is 1. The van der Waals surface area contributed by atoms with Crippen LogP contribution in [0.2, 0.25) is 0 Å². The third-order valence-electron chi connectivity index (χ3n) is 1.42. The van der Waals surface area contributed by atoms with Gasteiger partial charge in [0.15, 0.2) is 0 Å². The number of ether oxygens (including phenoxy) is 1. The first-order valence-corrected chi connectivity index (χ1v) is 3.96. The Kier molecular flexibility index (Phi) is 3.80. The lowest BCUT2D eigenvalue weighted by molar-refractivity contribution is 0.313. The van der Waals surface area contributed by atoms with Crippen molar-refractivity contribution in [2.75, 3.05) is 6.61 Å². The molecular weight excluding hydrogens is 148 g/mol. The predicted molar refractivity (Wildman–Crippen MR) is 48.8 cm³/mol. The van der Waals surface area contributed by atoms with Gasteiger partial charge in [-0.15, -0.1) is 12.3 Å². The molecule has 0 spiro atoms. The van der Waals surface area contributed by atoms with Gasteiger partial charge < -0.3 is 4.74 Å². The van der Waals surface area contributed by atoms with Gasteiger partial charge in [0.2, 0.25) is 0 Å². The van der Waals surface area contributed by atoms with Crippen molar-refractivity contribution in [3.63, 3.8) is 0 Å². The monoisotopic (exact) mass is 159 g/mol. The average Bonchev–Trinajstić information content (AvgIpc) is 2.14. The zero-order valence-electron chi connectivity index (χ0n) is 6.92. The highest BCUT2D eigenvalue weighted by Crippen LogP contribution is 2.08. The molecule has 61 valence electrons. The molecule has 0 unspecified atom stereocenters. The molecule has 1 nitrogen and oxygen atoms in total. The minimum absolute atomic E-state index is 0.689. The molecule has 0 aliphatic rings. The van der Waals surface area contributed by atoms with Crippen LogP contribution in [0.25, 0.3) is 0 Å². The van der Waals surface area contributed by atoms with Crippen LogP contribution in [0.4, 0.5) is 0 Å². The Morgan fingerprint density at radius 1 is 1.42 bits per heavy atom. The third kappa shape index (κ3) is 3.12. The summed E-state index contributed by atoms with van der Waals surface area (Å²) in [6, 6.07) is 10.4. The van der Waals surface area contributed by atoms with Gasteiger partial charge in [-0.05, 0) is 24.6 Å². The van der Waals surface area contributed by atoms with Crippen LogP contribution in [-0.2, 0) is 0 Å². The van der Waals surface area contributed by atoms with Crippen molar-refractivity contribution in [2.24, 2.45) is 0 Å². The molecule has 1 aromatic carbocycles. The molecule has 0 N–H and O–H groups in total. The molecule has 0 saturated heterocycles. The molecule has 0 amide bonds. The fourth-order valence-corrected chi connectivity index (χ4v) is 0.832. The SMILES string of the molecule is C#CCCCOc1cc[c]cc1. The Bertz CT molecular complexity index is 245. The number of hydrogen-bond donors (Lipinski definition) is 0. The third-order valence-corrected chi connectivity index (χ3v) is 1.42. The lowest BCUT2D eigenvalue weighted by Gasteiger charge is -2.02. The van der Waals surface area contributed by atoms with E-state index in [0.29, 0.717) is 6.61 Å². The van der Waals surface area contributed by atoms with Gasteiger partial charge in [0.25, 0.3) is 0 Å². The van der Waals surface area contributed by atoms with Crippen LogP contribution in [0.1, 0.15) is 12.8 Å². The Balaban J connectivity index is 2.21. The van der Waals surface area contributed by atoms with Crippen LogP contribution >= 0.6 is 0 Å². The highest BCUT2D eigenvalue weighted by atomic mass is 16.5. The van der Waals surface area contributed by atoms with Crippen LogP contribution < -0.4 is 4.74 Å². The van der Waals surface area contributed by atoms with Crippen molar-refractivity contribution in [2.45, 2.75) is 12.8 Å². The molecule has 1 aromatic rings. The van der Waals surface area contributed by atoms with Gasteiger partial charge >= 0.3 is 0 Å². The van der Waals surface area contributed by atoms with E-state index in [1.165, 1.54) is 0 Å². The van der Waals surface area contributed by atoms with E-state index in [1.54, 1.807) is 0 Å². The molecule has 1 rings (SSSR count). The molecule has 0 bridgehead atoms. The minimum Gasteiger partial charge on any atom is -0.494 e. The Morgan fingerprint density at radius 2 is 2.17 bits per heavy atom. The summed E-state index contributed by atoms with van der Waals surface area (Å²) in [6.07, 6.45) is 6.79. The zero-order chi connectivity index (χ0) is 8.65. The average molecular weight is 159 g/mol. The molecule has 0 atom stereocenters. The molecule has 1 heteroatoms. The van der Waals surface area contributed by atoms with E-state index in [0.717, 1.165) is 18.6 Å². The van der Waals surface area contributed by atoms with Gasteiger partial charge in [-0.2, -0.15) is 0 Å². The summed E-state index contributed by atoms with van der Waals surface area (Å²) in [4.78, 5) is 0. The first kappa shape index (κ1) is 8.67. The van der Waals surface area contributed by atoms with E-state index in [4.69, 9.17) is 11.2 Å². The molecular formula is C11H11O. The molecule has 0 aromatic heterocycles. The highest BCUT2D eigenvalue weighted by molar-refractivity contribution is 5.20. The standard InChI is InChI=1S/C11H11O/c1-2-3-7-10-12-11-8-5-4-6-9-11/h1,5-6,8-9H,3,7,10H2. The van der Waals surface area contributed by atoms with E-state index in [1.807, 2.05) is 24.3 Å². The molecule has 0 saturated carbocycles. The summed E-state index contributed by atoms with van der Waals surface area (Å²) in [5.74, 6) is 3.45. The van der Waals surface area contributed by atoms with Crippen molar-refractivity contribution in [3.8, 4) is 18.1 Å². The molecule has 0 fully saturated rings. The van der Waals surface area contributed by atoms with Gasteiger partial charge in [-0.3, -0.25) is 0 Å². The molecule has 0 aliphatic heterocycles. The quantitative estimate of drug-likeness (QED) is 0.483.